The van der Waals surface area contributed by atoms with Gasteiger partial charge in [0.2, 0.25) is 0 Å². The van der Waals surface area contributed by atoms with Crippen LogP contribution in [0.15, 0.2) is 91.0 Å². The fourth-order valence-corrected chi connectivity index (χ4v) is 3.50. The molecular weight excluding hydrogens is 352 g/mol. The van der Waals surface area contributed by atoms with Crippen LogP contribution in [0.5, 0.6) is 0 Å². The Labute approximate surface area is 164 Å². The molecule has 2 nitrogen and oxygen atoms in total. The molecule has 4 N–H and O–H groups in total. The molecular formula is C24H19ClN2. The summed E-state index contributed by atoms with van der Waals surface area (Å²) in [6.07, 6.45) is 0. The van der Waals surface area contributed by atoms with Gasteiger partial charge in [-0.15, -0.1) is 0 Å². The second-order valence-corrected chi connectivity index (χ2v) is 6.86. The first-order chi connectivity index (χ1) is 13.1. The Morgan fingerprint density at radius 3 is 1.93 bits per heavy atom. The number of benzene rings is 4. The molecule has 0 spiro atoms. The van der Waals surface area contributed by atoms with Crippen LogP contribution in [0.25, 0.3) is 33.4 Å². The van der Waals surface area contributed by atoms with Gasteiger partial charge in [-0.1, -0.05) is 78.3 Å². The highest BCUT2D eigenvalue weighted by Gasteiger charge is 2.13. The van der Waals surface area contributed by atoms with Crippen molar-refractivity contribution in [3.05, 3.63) is 96.0 Å². The first-order valence-electron chi connectivity index (χ1n) is 8.73. The largest absolute Gasteiger partial charge is 0.399 e. The fraction of sp³-hybridized carbons (Fsp3) is 0. The molecule has 0 aliphatic carbocycles. The lowest BCUT2D eigenvalue weighted by molar-refractivity contribution is 1.56. The molecule has 0 aromatic heterocycles. The zero-order valence-corrected chi connectivity index (χ0v) is 15.4. The summed E-state index contributed by atoms with van der Waals surface area (Å²) in [5.41, 5.74) is 19.9. The molecule has 0 bridgehead atoms. The monoisotopic (exact) mass is 370 g/mol. The van der Waals surface area contributed by atoms with Gasteiger partial charge in [0, 0.05) is 5.69 Å². The summed E-state index contributed by atoms with van der Waals surface area (Å²) in [6, 6.07) is 30.4. The van der Waals surface area contributed by atoms with E-state index in [2.05, 4.69) is 30.3 Å². The molecule has 0 aliphatic heterocycles. The van der Waals surface area contributed by atoms with Crippen molar-refractivity contribution in [2.24, 2.45) is 0 Å². The second-order valence-electron chi connectivity index (χ2n) is 6.45. The zero-order valence-electron chi connectivity index (χ0n) is 14.7. The molecule has 0 aliphatic rings. The Morgan fingerprint density at radius 2 is 1.19 bits per heavy atom. The highest BCUT2D eigenvalue weighted by atomic mass is 35.5. The van der Waals surface area contributed by atoms with Gasteiger partial charge in [-0.3, -0.25) is 0 Å². The van der Waals surface area contributed by atoms with Gasteiger partial charge in [0.15, 0.2) is 0 Å². The van der Waals surface area contributed by atoms with Gasteiger partial charge in [-0.25, -0.2) is 0 Å². The van der Waals surface area contributed by atoms with E-state index in [1.165, 1.54) is 0 Å². The van der Waals surface area contributed by atoms with Crippen LogP contribution in [0.1, 0.15) is 0 Å². The third-order valence-corrected chi connectivity index (χ3v) is 4.98. The first-order valence-corrected chi connectivity index (χ1v) is 9.11. The summed E-state index contributed by atoms with van der Waals surface area (Å²) in [7, 11) is 0. The standard InChI is InChI=1S/C24H19ClN2/c25-23-14-17(10-13-24(23)27)19-8-4-5-9-20(19)21-12-11-18(26)15-22(21)16-6-2-1-3-7-16/h1-15H,26-27H2. The van der Waals surface area contributed by atoms with E-state index in [0.717, 1.165) is 39.1 Å². The first kappa shape index (κ1) is 17.2. The van der Waals surface area contributed by atoms with Gasteiger partial charge in [-0.05, 0) is 57.6 Å². The zero-order chi connectivity index (χ0) is 18.8. The molecule has 0 heterocycles. The molecule has 0 unspecified atom stereocenters. The van der Waals surface area contributed by atoms with Crippen molar-refractivity contribution in [3.8, 4) is 33.4 Å². The predicted molar refractivity (Wildman–Crippen MR) is 117 cm³/mol. The molecule has 0 saturated heterocycles. The van der Waals surface area contributed by atoms with Gasteiger partial charge in [0.05, 0.1) is 10.7 Å². The highest BCUT2D eigenvalue weighted by Crippen LogP contribution is 2.39. The Balaban J connectivity index is 1.95. The van der Waals surface area contributed by atoms with Crippen molar-refractivity contribution in [2.45, 2.75) is 0 Å². The second kappa shape index (κ2) is 7.18. The van der Waals surface area contributed by atoms with E-state index < -0.39 is 0 Å². The number of rotatable bonds is 3. The van der Waals surface area contributed by atoms with E-state index in [1.807, 2.05) is 60.7 Å². The fourth-order valence-electron chi connectivity index (χ4n) is 3.32. The van der Waals surface area contributed by atoms with Gasteiger partial charge >= 0.3 is 0 Å². The lowest BCUT2D eigenvalue weighted by Gasteiger charge is -2.16. The van der Waals surface area contributed by atoms with Crippen LogP contribution in [0.2, 0.25) is 5.02 Å². The molecule has 0 amide bonds. The van der Waals surface area contributed by atoms with Crippen molar-refractivity contribution in [1.82, 2.24) is 0 Å². The summed E-state index contributed by atoms with van der Waals surface area (Å²) >= 11 is 6.27. The minimum Gasteiger partial charge on any atom is -0.399 e. The average Bonchev–Trinajstić information content (AvgIpc) is 2.71. The van der Waals surface area contributed by atoms with Crippen molar-refractivity contribution in [3.63, 3.8) is 0 Å². The Morgan fingerprint density at radius 1 is 0.519 bits per heavy atom. The maximum atomic E-state index is 6.27. The number of hydrogen-bond donors (Lipinski definition) is 2. The van der Waals surface area contributed by atoms with E-state index >= 15 is 0 Å². The normalized spacial score (nSPS) is 10.7. The van der Waals surface area contributed by atoms with Crippen LogP contribution >= 0.6 is 11.6 Å². The number of anilines is 2. The van der Waals surface area contributed by atoms with Crippen molar-refractivity contribution >= 4 is 23.0 Å². The van der Waals surface area contributed by atoms with Crippen LogP contribution in [0, 0.1) is 0 Å². The molecule has 4 aromatic carbocycles. The van der Waals surface area contributed by atoms with Gasteiger partial charge < -0.3 is 11.5 Å². The van der Waals surface area contributed by atoms with Crippen LogP contribution in [0.3, 0.4) is 0 Å². The average molecular weight is 371 g/mol. The van der Waals surface area contributed by atoms with E-state index in [1.54, 1.807) is 0 Å². The van der Waals surface area contributed by atoms with Crippen LogP contribution < -0.4 is 11.5 Å². The molecule has 4 rings (SSSR count). The number of hydrogen-bond acceptors (Lipinski definition) is 2. The highest BCUT2D eigenvalue weighted by molar-refractivity contribution is 6.33. The molecule has 27 heavy (non-hydrogen) atoms. The molecule has 0 atom stereocenters. The number of nitrogens with two attached hydrogens (primary N) is 2. The van der Waals surface area contributed by atoms with E-state index in [4.69, 9.17) is 23.1 Å². The third kappa shape index (κ3) is 3.40. The van der Waals surface area contributed by atoms with Crippen molar-refractivity contribution in [1.29, 1.82) is 0 Å². The molecule has 0 saturated carbocycles. The lowest BCUT2D eigenvalue weighted by atomic mass is 9.89. The molecule has 0 radical (unpaired) electrons. The number of nitrogen functional groups attached to an aromatic ring is 2. The summed E-state index contributed by atoms with van der Waals surface area (Å²) in [6.45, 7) is 0. The van der Waals surface area contributed by atoms with Gasteiger partial charge in [-0.2, -0.15) is 0 Å². The quantitative estimate of drug-likeness (QED) is 0.404. The maximum absolute atomic E-state index is 6.27. The van der Waals surface area contributed by atoms with Crippen LogP contribution in [-0.4, -0.2) is 0 Å². The van der Waals surface area contributed by atoms with Crippen LogP contribution in [-0.2, 0) is 0 Å². The van der Waals surface area contributed by atoms with Crippen molar-refractivity contribution in [2.75, 3.05) is 11.5 Å². The Hall–Kier alpha value is -3.23. The Kier molecular flexibility index (Phi) is 4.57. The topological polar surface area (TPSA) is 52.0 Å². The summed E-state index contributed by atoms with van der Waals surface area (Å²) in [4.78, 5) is 0. The molecule has 4 aromatic rings. The SMILES string of the molecule is Nc1ccc(-c2ccccc2-c2ccc(N)c(Cl)c2)c(-c2ccccc2)c1. The molecule has 0 fully saturated rings. The molecule has 132 valence electrons. The smallest absolute Gasteiger partial charge is 0.0641 e. The third-order valence-electron chi connectivity index (χ3n) is 4.66. The minimum atomic E-state index is 0.558. The Bertz CT molecular complexity index is 1100. The summed E-state index contributed by atoms with van der Waals surface area (Å²) < 4.78 is 0. The predicted octanol–water partition coefficient (Wildman–Crippen LogP) is 6.51. The van der Waals surface area contributed by atoms with E-state index in [0.29, 0.717) is 10.7 Å². The van der Waals surface area contributed by atoms with E-state index in [-0.39, 0.29) is 0 Å². The number of halogens is 1. The molecule has 3 heteroatoms. The minimum absolute atomic E-state index is 0.558. The van der Waals surface area contributed by atoms with Crippen LogP contribution in [0.4, 0.5) is 11.4 Å². The lowest BCUT2D eigenvalue weighted by Crippen LogP contribution is -1.92. The van der Waals surface area contributed by atoms with Crippen molar-refractivity contribution < 1.29 is 0 Å². The summed E-state index contributed by atoms with van der Waals surface area (Å²) in [5, 5.41) is 0.558. The van der Waals surface area contributed by atoms with Gasteiger partial charge in [0.25, 0.3) is 0 Å². The van der Waals surface area contributed by atoms with Gasteiger partial charge in [0.1, 0.15) is 0 Å². The summed E-state index contributed by atoms with van der Waals surface area (Å²) in [5.74, 6) is 0. The van der Waals surface area contributed by atoms with E-state index in [9.17, 15) is 0 Å². The maximum Gasteiger partial charge on any atom is 0.0641 e.